The quantitative estimate of drug-likeness (QED) is 0.894. The number of aromatic nitrogens is 1. The maximum Gasteiger partial charge on any atom is 0.182 e. The topological polar surface area (TPSA) is 48.0 Å². The van der Waals surface area contributed by atoms with Gasteiger partial charge in [-0.3, -0.25) is 4.79 Å². The Hall–Kier alpha value is -1.87. The molecule has 3 nitrogen and oxygen atoms in total. The van der Waals surface area contributed by atoms with Crippen LogP contribution in [0.2, 0.25) is 0 Å². The molecule has 0 saturated heterocycles. The minimum absolute atomic E-state index is 0.0633. The molecule has 0 saturated carbocycles. The first-order valence-electron chi connectivity index (χ1n) is 6.06. The van der Waals surface area contributed by atoms with Crippen molar-refractivity contribution in [3.63, 3.8) is 0 Å². The van der Waals surface area contributed by atoms with Gasteiger partial charge in [-0.2, -0.15) is 0 Å². The lowest BCUT2D eigenvalue weighted by molar-refractivity contribution is 0.720. The van der Waals surface area contributed by atoms with Gasteiger partial charge in [-0.15, -0.1) is 0 Å². The Kier molecular flexibility index (Phi) is 3.63. The lowest BCUT2D eigenvalue weighted by Crippen LogP contribution is -2.15. The molecule has 1 aromatic heterocycles. The molecular weight excluding hydrogens is 224 g/mol. The van der Waals surface area contributed by atoms with E-state index in [1.807, 2.05) is 32.0 Å². The zero-order chi connectivity index (χ0) is 13.1. The van der Waals surface area contributed by atoms with E-state index >= 15 is 0 Å². The molecule has 0 fully saturated rings. The lowest BCUT2D eigenvalue weighted by atomic mass is 10.1. The first kappa shape index (κ1) is 12.6. The van der Waals surface area contributed by atoms with E-state index in [0.717, 1.165) is 23.5 Å². The fourth-order valence-corrected chi connectivity index (χ4v) is 2.22. The summed E-state index contributed by atoms with van der Waals surface area (Å²) in [4.78, 5) is 11.4. The second kappa shape index (κ2) is 5.19. The van der Waals surface area contributed by atoms with Crippen molar-refractivity contribution in [1.82, 2.24) is 4.57 Å². The smallest absolute Gasteiger partial charge is 0.182 e. The molecule has 0 aliphatic carbocycles. The standard InChI is InChI=1S/C15H18N2O/c1-11-7-15(18)8-12(2)17(11)10-14-6-4-3-5-13(14)9-16/h3-8H,9-10,16H2,1-2H3. The molecule has 0 radical (unpaired) electrons. The lowest BCUT2D eigenvalue weighted by Gasteiger charge is -2.16. The number of hydrogen-bond donors (Lipinski definition) is 1. The van der Waals surface area contributed by atoms with Crippen molar-refractivity contribution >= 4 is 0 Å². The van der Waals surface area contributed by atoms with E-state index in [1.54, 1.807) is 12.1 Å². The molecule has 1 heterocycles. The second-order valence-corrected chi connectivity index (χ2v) is 4.53. The van der Waals surface area contributed by atoms with Crippen molar-refractivity contribution in [2.75, 3.05) is 0 Å². The second-order valence-electron chi connectivity index (χ2n) is 4.53. The van der Waals surface area contributed by atoms with Crippen LogP contribution in [0.5, 0.6) is 0 Å². The number of aryl methyl sites for hydroxylation is 2. The Bertz CT molecular complexity index is 588. The predicted molar refractivity (Wildman–Crippen MR) is 73.6 cm³/mol. The zero-order valence-electron chi connectivity index (χ0n) is 10.8. The van der Waals surface area contributed by atoms with Crippen LogP contribution in [-0.2, 0) is 13.1 Å². The number of nitrogens with zero attached hydrogens (tertiary/aromatic N) is 1. The molecule has 0 unspecified atom stereocenters. The van der Waals surface area contributed by atoms with Gasteiger partial charge in [-0.1, -0.05) is 24.3 Å². The molecule has 0 spiro atoms. The van der Waals surface area contributed by atoms with E-state index in [2.05, 4.69) is 10.6 Å². The summed E-state index contributed by atoms with van der Waals surface area (Å²) in [5, 5.41) is 0. The molecule has 2 rings (SSSR count). The average Bonchev–Trinajstić information content (AvgIpc) is 2.34. The highest BCUT2D eigenvalue weighted by molar-refractivity contribution is 5.28. The predicted octanol–water partition coefficient (Wildman–Crippen LogP) is 1.97. The Morgan fingerprint density at radius 2 is 1.61 bits per heavy atom. The van der Waals surface area contributed by atoms with Gasteiger partial charge >= 0.3 is 0 Å². The highest BCUT2D eigenvalue weighted by Crippen LogP contribution is 2.12. The van der Waals surface area contributed by atoms with Crippen LogP contribution < -0.4 is 11.2 Å². The molecule has 0 atom stereocenters. The molecule has 18 heavy (non-hydrogen) atoms. The van der Waals surface area contributed by atoms with Crippen LogP contribution in [0.1, 0.15) is 22.5 Å². The van der Waals surface area contributed by atoms with E-state index < -0.39 is 0 Å². The van der Waals surface area contributed by atoms with Gasteiger partial charge < -0.3 is 10.3 Å². The monoisotopic (exact) mass is 242 g/mol. The van der Waals surface area contributed by atoms with Crippen LogP contribution in [0.4, 0.5) is 0 Å². The van der Waals surface area contributed by atoms with E-state index in [0.29, 0.717) is 6.54 Å². The molecule has 3 heteroatoms. The van der Waals surface area contributed by atoms with E-state index in [4.69, 9.17) is 5.73 Å². The van der Waals surface area contributed by atoms with E-state index in [9.17, 15) is 4.79 Å². The van der Waals surface area contributed by atoms with Crippen molar-refractivity contribution in [3.8, 4) is 0 Å². The van der Waals surface area contributed by atoms with Gasteiger partial charge in [0.25, 0.3) is 0 Å². The molecule has 0 aliphatic heterocycles. The maximum atomic E-state index is 11.4. The Morgan fingerprint density at radius 3 is 2.17 bits per heavy atom. The number of hydrogen-bond acceptors (Lipinski definition) is 2. The van der Waals surface area contributed by atoms with Gasteiger partial charge in [0, 0.05) is 36.6 Å². The summed E-state index contributed by atoms with van der Waals surface area (Å²) in [6.45, 7) is 5.21. The molecule has 0 bridgehead atoms. The molecule has 0 amide bonds. The first-order chi connectivity index (χ1) is 8.61. The van der Waals surface area contributed by atoms with Crippen LogP contribution in [0.15, 0.2) is 41.2 Å². The third kappa shape index (κ3) is 2.51. The zero-order valence-corrected chi connectivity index (χ0v) is 10.8. The van der Waals surface area contributed by atoms with Gasteiger partial charge in [0.15, 0.2) is 5.43 Å². The van der Waals surface area contributed by atoms with Crippen LogP contribution >= 0.6 is 0 Å². The van der Waals surface area contributed by atoms with Gasteiger partial charge in [0.2, 0.25) is 0 Å². The molecular formula is C15H18N2O. The van der Waals surface area contributed by atoms with Crippen LogP contribution in [0.3, 0.4) is 0 Å². The van der Waals surface area contributed by atoms with Crippen molar-refractivity contribution in [2.24, 2.45) is 5.73 Å². The fourth-order valence-electron chi connectivity index (χ4n) is 2.22. The van der Waals surface area contributed by atoms with Crippen molar-refractivity contribution < 1.29 is 0 Å². The third-order valence-corrected chi connectivity index (χ3v) is 3.22. The molecule has 0 aliphatic rings. The van der Waals surface area contributed by atoms with E-state index in [1.165, 1.54) is 5.56 Å². The Balaban J connectivity index is 2.43. The Labute approximate surface area is 107 Å². The largest absolute Gasteiger partial charge is 0.345 e. The first-order valence-corrected chi connectivity index (χ1v) is 6.06. The summed E-state index contributed by atoms with van der Waals surface area (Å²) >= 11 is 0. The number of pyridine rings is 1. The van der Waals surface area contributed by atoms with Crippen LogP contribution in [0, 0.1) is 13.8 Å². The third-order valence-electron chi connectivity index (χ3n) is 3.22. The highest BCUT2D eigenvalue weighted by Gasteiger charge is 2.05. The highest BCUT2D eigenvalue weighted by atomic mass is 16.1. The minimum Gasteiger partial charge on any atom is -0.345 e. The normalized spacial score (nSPS) is 10.6. The number of rotatable bonds is 3. The summed E-state index contributed by atoms with van der Waals surface area (Å²) in [7, 11) is 0. The summed E-state index contributed by atoms with van der Waals surface area (Å²) in [6, 6.07) is 11.5. The van der Waals surface area contributed by atoms with Crippen LogP contribution in [0.25, 0.3) is 0 Å². The van der Waals surface area contributed by atoms with Gasteiger partial charge in [0.1, 0.15) is 0 Å². The van der Waals surface area contributed by atoms with Crippen LogP contribution in [-0.4, -0.2) is 4.57 Å². The molecule has 94 valence electrons. The molecule has 2 N–H and O–H groups in total. The van der Waals surface area contributed by atoms with Gasteiger partial charge in [-0.25, -0.2) is 0 Å². The number of nitrogens with two attached hydrogens (primary N) is 1. The fraction of sp³-hybridized carbons (Fsp3) is 0.267. The molecule has 2 aromatic rings. The van der Waals surface area contributed by atoms with Gasteiger partial charge in [0.05, 0.1) is 0 Å². The van der Waals surface area contributed by atoms with Gasteiger partial charge in [-0.05, 0) is 25.0 Å². The van der Waals surface area contributed by atoms with Crippen molar-refractivity contribution in [1.29, 1.82) is 0 Å². The summed E-state index contributed by atoms with van der Waals surface area (Å²) < 4.78 is 2.13. The van der Waals surface area contributed by atoms with E-state index in [-0.39, 0.29) is 5.43 Å². The summed E-state index contributed by atoms with van der Waals surface area (Å²) in [6.07, 6.45) is 0. The SMILES string of the molecule is Cc1cc(=O)cc(C)n1Cc1ccccc1CN. The summed E-state index contributed by atoms with van der Waals surface area (Å²) in [5.41, 5.74) is 10.1. The van der Waals surface area contributed by atoms with Crippen molar-refractivity contribution in [3.05, 3.63) is 69.1 Å². The Morgan fingerprint density at radius 1 is 1.06 bits per heavy atom. The molecule has 1 aromatic carbocycles. The maximum absolute atomic E-state index is 11.4. The average molecular weight is 242 g/mol. The summed E-state index contributed by atoms with van der Waals surface area (Å²) in [5.74, 6) is 0. The van der Waals surface area contributed by atoms with Crippen molar-refractivity contribution in [2.45, 2.75) is 26.9 Å². The number of benzene rings is 1. The minimum atomic E-state index is 0.0633.